The van der Waals surface area contributed by atoms with Gasteiger partial charge < -0.3 is 9.80 Å². The second-order valence-corrected chi connectivity index (χ2v) is 10.7. The summed E-state index contributed by atoms with van der Waals surface area (Å²) in [7, 11) is -1.31. The van der Waals surface area contributed by atoms with Crippen molar-refractivity contribution in [3.8, 4) is 0 Å². The van der Waals surface area contributed by atoms with Crippen molar-refractivity contribution in [3.05, 3.63) is 74.9 Å². The van der Waals surface area contributed by atoms with E-state index in [2.05, 4.69) is 16.5 Å². The van der Waals surface area contributed by atoms with Gasteiger partial charge in [0.25, 0.3) is 5.56 Å². The van der Waals surface area contributed by atoms with Gasteiger partial charge in [-0.05, 0) is 36.7 Å². The maximum Gasteiger partial charge on any atom is 0.330 e. The van der Waals surface area contributed by atoms with E-state index in [9.17, 15) is 22.8 Å². The highest BCUT2D eigenvalue weighted by molar-refractivity contribution is 7.89. The highest BCUT2D eigenvalue weighted by Crippen LogP contribution is 2.17. The van der Waals surface area contributed by atoms with Crippen LogP contribution in [-0.4, -0.2) is 72.0 Å². The number of carbonyl (C=O) groups excluding carboxylic acids is 1. The van der Waals surface area contributed by atoms with Crippen LogP contribution < -0.4 is 16.0 Å². The van der Waals surface area contributed by atoms with Crippen LogP contribution in [0.4, 0.5) is 0 Å². The number of nitrogens with zero attached hydrogens (tertiary/aromatic N) is 4. The Kier molecular flexibility index (Phi) is 7.43. The van der Waals surface area contributed by atoms with Gasteiger partial charge >= 0.3 is 5.69 Å². The van der Waals surface area contributed by atoms with E-state index in [4.69, 9.17) is 0 Å². The molecule has 192 valence electrons. The van der Waals surface area contributed by atoms with Crippen LogP contribution in [0, 0.1) is 0 Å². The zero-order valence-corrected chi connectivity index (χ0v) is 21.5. The number of aryl methyl sites for hydroxylation is 1. The van der Waals surface area contributed by atoms with Crippen LogP contribution in [0.15, 0.2) is 63.0 Å². The maximum absolute atomic E-state index is 13.5. The average Bonchev–Trinajstić information content (AvgIpc) is 2.90. The van der Waals surface area contributed by atoms with Gasteiger partial charge in [-0.25, -0.2) is 13.2 Å². The number of likely N-dealkylation sites (N-methyl/N-ethyl adjacent to an activating group) is 1. The molecule has 3 aromatic rings. The lowest BCUT2D eigenvalue weighted by Crippen LogP contribution is -2.55. The molecule has 0 bridgehead atoms. The smallest absolute Gasteiger partial charge is 0.330 e. The fourth-order valence-electron chi connectivity index (χ4n) is 4.53. The molecule has 1 amide bonds. The Hall–Kier alpha value is -3.28. The summed E-state index contributed by atoms with van der Waals surface area (Å²) in [5.41, 5.74) is 0.0645. The minimum absolute atomic E-state index is 0.101. The predicted octanol–water partition coefficient (Wildman–Crippen LogP) is 0.291. The first-order valence-corrected chi connectivity index (χ1v) is 13.4. The fraction of sp³-hybridized carbons (Fsp3) is 0.400. The van der Waals surface area contributed by atoms with Crippen LogP contribution in [0.2, 0.25) is 0 Å². The lowest BCUT2D eigenvalue weighted by Gasteiger charge is -2.36. The molecule has 0 radical (unpaired) electrons. The zero-order valence-electron chi connectivity index (χ0n) is 20.7. The molecule has 2 heterocycles. The molecule has 1 fully saturated rings. The Bertz CT molecular complexity index is 1490. The van der Waals surface area contributed by atoms with E-state index >= 15 is 0 Å². The summed E-state index contributed by atoms with van der Waals surface area (Å²) in [6.45, 7) is 5.49. The number of piperazine rings is 1. The SMILES string of the molecule is CCN1CCN(C(=O)C(Cc2ccccc2)NS(=O)(=O)c2ccc3c(c2)c(=O)n(C)c(=O)n3C)CC1. The molecule has 0 aliphatic carbocycles. The summed E-state index contributed by atoms with van der Waals surface area (Å²) in [6, 6.07) is 12.3. The van der Waals surface area contributed by atoms with Crippen molar-refractivity contribution in [1.29, 1.82) is 0 Å². The maximum atomic E-state index is 13.5. The molecule has 4 rings (SSSR count). The Morgan fingerprint density at radius 2 is 1.64 bits per heavy atom. The topological polar surface area (TPSA) is 114 Å². The van der Waals surface area contributed by atoms with Crippen LogP contribution in [0.5, 0.6) is 0 Å². The number of fused-ring (bicyclic) bond motifs is 1. The molecule has 1 unspecified atom stereocenters. The van der Waals surface area contributed by atoms with E-state index in [-0.39, 0.29) is 22.6 Å². The molecular formula is C25H31N5O5S. The van der Waals surface area contributed by atoms with Crippen molar-refractivity contribution in [2.75, 3.05) is 32.7 Å². The Balaban J connectivity index is 1.67. The molecule has 1 aromatic heterocycles. The highest BCUT2D eigenvalue weighted by Gasteiger charge is 2.31. The Morgan fingerprint density at radius 3 is 2.28 bits per heavy atom. The number of sulfonamides is 1. The van der Waals surface area contributed by atoms with E-state index in [0.29, 0.717) is 18.6 Å². The molecule has 1 N–H and O–H groups in total. The molecule has 1 aliphatic rings. The lowest BCUT2D eigenvalue weighted by atomic mass is 10.1. The van der Waals surface area contributed by atoms with E-state index in [1.807, 2.05) is 30.3 Å². The standard InChI is InChI=1S/C25H31N5O5S/c1-4-29-12-14-30(15-13-29)24(32)21(16-18-8-6-5-7-9-18)26-36(34,35)19-10-11-22-20(17-19)23(31)28(3)25(33)27(22)2/h5-11,17,21,26H,4,12-16H2,1-3H3. The Labute approximate surface area is 209 Å². The number of rotatable bonds is 7. The minimum atomic E-state index is -4.17. The van der Waals surface area contributed by atoms with Crippen LogP contribution >= 0.6 is 0 Å². The van der Waals surface area contributed by atoms with Gasteiger partial charge in [0.05, 0.1) is 15.8 Å². The third kappa shape index (κ3) is 5.13. The van der Waals surface area contributed by atoms with Crippen LogP contribution in [0.25, 0.3) is 10.9 Å². The first-order valence-electron chi connectivity index (χ1n) is 11.9. The summed E-state index contributed by atoms with van der Waals surface area (Å²) < 4.78 is 31.7. The minimum Gasteiger partial charge on any atom is -0.339 e. The summed E-state index contributed by atoms with van der Waals surface area (Å²) >= 11 is 0. The third-order valence-electron chi connectivity index (χ3n) is 6.76. The molecule has 11 heteroatoms. The van der Waals surface area contributed by atoms with Crippen molar-refractivity contribution in [2.45, 2.75) is 24.3 Å². The van der Waals surface area contributed by atoms with Crippen molar-refractivity contribution >= 4 is 26.8 Å². The van der Waals surface area contributed by atoms with E-state index in [0.717, 1.165) is 29.8 Å². The number of aromatic nitrogens is 2. The van der Waals surface area contributed by atoms with Gasteiger partial charge in [0.1, 0.15) is 6.04 Å². The van der Waals surface area contributed by atoms with Gasteiger partial charge in [-0.3, -0.25) is 18.7 Å². The van der Waals surface area contributed by atoms with Crippen LogP contribution in [-0.2, 0) is 35.3 Å². The monoisotopic (exact) mass is 513 g/mol. The number of carbonyl (C=O) groups is 1. The van der Waals surface area contributed by atoms with Crippen LogP contribution in [0.1, 0.15) is 12.5 Å². The average molecular weight is 514 g/mol. The molecule has 0 spiro atoms. The first kappa shape index (κ1) is 25.8. The largest absolute Gasteiger partial charge is 0.339 e. The van der Waals surface area contributed by atoms with Crippen molar-refractivity contribution in [3.63, 3.8) is 0 Å². The van der Waals surface area contributed by atoms with Gasteiger partial charge in [-0.15, -0.1) is 0 Å². The van der Waals surface area contributed by atoms with Gasteiger partial charge in [0.15, 0.2) is 0 Å². The van der Waals surface area contributed by atoms with Gasteiger partial charge in [-0.2, -0.15) is 4.72 Å². The zero-order chi connectivity index (χ0) is 26.0. The van der Waals surface area contributed by atoms with Crippen molar-refractivity contribution < 1.29 is 13.2 Å². The summed E-state index contributed by atoms with van der Waals surface area (Å²) in [4.78, 5) is 42.2. The highest BCUT2D eigenvalue weighted by atomic mass is 32.2. The summed E-state index contributed by atoms with van der Waals surface area (Å²) in [5, 5.41) is 0.101. The quantitative estimate of drug-likeness (QED) is 0.486. The molecule has 1 aliphatic heterocycles. The molecule has 2 aromatic carbocycles. The third-order valence-corrected chi connectivity index (χ3v) is 8.23. The van der Waals surface area contributed by atoms with Crippen LogP contribution in [0.3, 0.4) is 0 Å². The predicted molar refractivity (Wildman–Crippen MR) is 137 cm³/mol. The van der Waals surface area contributed by atoms with E-state index in [1.165, 1.54) is 36.9 Å². The van der Waals surface area contributed by atoms with E-state index in [1.54, 1.807) is 4.90 Å². The lowest BCUT2D eigenvalue weighted by molar-refractivity contribution is -0.134. The second kappa shape index (κ2) is 10.4. The first-order chi connectivity index (χ1) is 17.1. The molecule has 36 heavy (non-hydrogen) atoms. The molecule has 1 saturated heterocycles. The summed E-state index contributed by atoms with van der Waals surface area (Å²) in [5.74, 6) is -0.280. The molecule has 0 saturated carbocycles. The number of hydrogen-bond acceptors (Lipinski definition) is 6. The van der Waals surface area contributed by atoms with Gasteiger partial charge in [0.2, 0.25) is 15.9 Å². The van der Waals surface area contributed by atoms with E-state index < -0.39 is 27.3 Å². The molecular weight excluding hydrogens is 482 g/mol. The number of nitrogens with one attached hydrogen (secondary N) is 1. The van der Waals surface area contributed by atoms with Crippen molar-refractivity contribution in [2.24, 2.45) is 14.1 Å². The number of benzene rings is 2. The number of hydrogen-bond donors (Lipinski definition) is 1. The Morgan fingerprint density at radius 1 is 0.972 bits per heavy atom. The number of amides is 1. The summed E-state index contributed by atoms with van der Waals surface area (Å²) in [6.07, 6.45) is 0.191. The normalized spacial score (nSPS) is 15.8. The molecule has 10 nitrogen and oxygen atoms in total. The second-order valence-electron chi connectivity index (χ2n) is 9.01. The molecule has 1 atom stereocenters. The van der Waals surface area contributed by atoms with Gasteiger partial charge in [-0.1, -0.05) is 37.3 Å². The van der Waals surface area contributed by atoms with Crippen molar-refractivity contribution in [1.82, 2.24) is 23.7 Å². The van der Waals surface area contributed by atoms with Gasteiger partial charge in [0, 0.05) is 40.3 Å². The fourth-order valence-corrected chi connectivity index (χ4v) is 5.75.